The number of thiophene rings is 1. The maximum Gasteiger partial charge on any atom is 0.163 e. The lowest BCUT2D eigenvalue weighted by molar-refractivity contribution is 1.15. The number of aryl methyl sites for hydroxylation is 1. The molecule has 5 heteroatoms. The Balaban J connectivity index is 2.21. The van der Waals surface area contributed by atoms with Gasteiger partial charge in [-0.1, -0.05) is 0 Å². The van der Waals surface area contributed by atoms with E-state index < -0.39 is 0 Å². The third-order valence-corrected chi connectivity index (χ3v) is 3.74. The predicted octanol–water partition coefficient (Wildman–Crippen LogP) is 3.49. The molecule has 1 N–H and O–H groups in total. The van der Waals surface area contributed by atoms with Crippen molar-refractivity contribution in [3.8, 4) is 11.4 Å². The van der Waals surface area contributed by atoms with Crippen LogP contribution in [0.2, 0.25) is 0 Å². The third-order valence-electron chi connectivity index (χ3n) is 2.80. The minimum Gasteiger partial charge on any atom is -0.370 e. The van der Waals surface area contributed by atoms with Crippen LogP contribution in [0.5, 0.6) is 0 Å². The fourth-order valence-electron chi connectivity index (χ4n) is 1.97. The lowest BCUT2D eigenvalue weighted by Crippen LogP contribution is -2.01. The number of nitrogens with zero attached hydrogens (tertiary/aromatic N) is 3. The topological polar surface area (TPSA) is 50.7 Å². The number of fused-ring (bicyclic) bond motifs is 1. The van der Waals surface area contributed by atoms with Crippen LogP contribution >= 0.6 is 11.3 Å². The highest BCUT2D eigenvalue weighted by Crippen LogP contribution is 2.30. The molecule has 19 heavy (non-hydrogen) atoms. The lowest BCUT2D eigenvalue weighted by Gasteiger charge is -2.06. The predicted molar refractivity (Wildman–Crippen MR) is 79.5 cm³/mol. The molecule has 0 spiro atoms. The molecule has 3 aromatic rings. The van der Waals surface area contributed by atoms with E-state index in [4.69, 9.17) is 0 Å². The van der Waals surface area contributed by atoms with E-state index in [1.165, 1.54) is 4.88 Å². The zero-order valence-electron chi connectivity index (χ0n) is 10.8. The summed E-state index contributed by atoms with van der Waals surface area (Å²) in [6, 6.07) is 5.99. The highest BCUT2D eigenvalue weighted by Gasteiger charge is 2.11. The number of hydrogen-bond acceptors (Lipinski definition) is 5. The second kappa shape index (κ2) is 4.93. The summed E-state index contributed by atoms with van der Waals surface area (Å²) in [6.45, 7) is 5.00. The Hall–Kier alpha value is -2.01. The van der Waals surface area contributed by atoms with E-state index in [0.717, 1.165) is 34.0 Å². The molecule has 0 saturated heterocycles. The van der Waals surface area contributed by atoms with E-state index >= 15 is 0 Å². The summed E-state index contributed by atoms with van der Waals surface area (Å²) in [6.07, 6.45) is 3.52. The smallest absolute Gasteiger partial charge is 0.163 e. The van der Waals surface area contributed by atoms with E-state index in [1.807, 2.05) is 12.1 Å². The molecule has 0 atom stereocenters. The second-order valence-electron chi connectivity index (χ2n) is 4.24. The minimum absolute atomic E-state index is 0.743. The zero-order valence-corrected chi connectivity index (χ0v) is 11.7. The largest absolute Gasteiger partial charge is 0.370 e. The molecule has 3 heterocycles. The number of hydrogen-bond donors (Lipinski definition) is 1. The number of pyridine rings is 1. The SMILES string of the molecule is CCNc1nc(-c2ccncc2)nc2sc(C)cc12. The van der Waals surface area contributed by atoms with Crippen LogP contribution in [0, 0.1) is 6.92 Å². The van der Waals surface area contributed by atoms with Crippen LogP contribution in [0.25, 0.3) is 21.6 Å². The van der Waals surface area contributed by atoms with Crippen LogP contribution in [0.15, 0.2) is 30.6 Å². The van der Waals surface area contributed by atoms with Crippen molar-refractivity contribution in [3.05, 3.63) is 35.5 Å². The third kappa shape index (κ3) is 2.29. The van der Waals surface area contributed by atoms with Crippen LogP contribution < -0.4 is 5.32 Å². The first-order chi connectivity index (χ1) is 9.28. The number of aromatic nitrogens is 3. The van der Waals surface area contributed by atoms with Crippen LogP contribution in [0.4, 0.5) is 5.82 Å². The molecule has 0 bridgehead atoms. The van der Waals surface area contributed by atoms with Gasteiger partial charge in [0.1, 0.15) is 10.6 Å². The Morgan fingerprint density at radius 1 is 1.21 bits per heavy atom. The minimum atomic E-state index is 0.743. The van der Waals surface area contributed by atoms with Crippen molar-refractivity contribution in [1.82, 2.24) is 15.0 Å². The molecule has 0 unspecified atom stereocenters. The normalized spacial score (nSPS) is 10.8. The highest BCUT2D eigenvalue weighted by atomic mass is 32.1. The number of rotatable bonds is 3. The maximum atomic E-state index is 4.65. The van der Waals surface area contributed by atoms with Gasteiger partial charge in [-0.3, -0.25) is 4.98 Å². The van der Waals surface area contributed by atoms with E-state index in [2.05, 4.69) is 40.2 Å². The summed E-state index contributed by atoms with van der Waals surface area (Å²) < 4.78 is 0. The molecule has 3 aromatic heterocycles. The van der Waals surface area contributed by atoms with Gasteiger partial charge >= 0.3 is 0 Å². The molecule has 0 aliphatic heterocycles. The summed E-state index contributed by atoms with van der Waals surface area (Å²) in [5, 5.41) is 4.41. The van der Waals surface area contributed by atoms with Crippen molar-refractivity contribution in [2.75, 3.05) is 11.9 Å². The van der Waals surface area contributed by atoms with Crippen molar-refractivity contribution in [1.29, 1.82) is 0 Å². The van der Waals surface area contributed by atoms with Gasteiger partial charge in [0.05, 0.1) is 5.39 Å². The van der Waals surface area contributed by atoms with Crippen molar-refractivity contribution in [2.45, 2.75) is 13.8 Å². The van der Waals surface area contributed by atoms with E-state index in [1.54, 1.807) is 23.7 Å². The van der Waals surface area contributed by atoms with Crippen LogP contribution in [-0.2, 0) is 0 Å². The van der Waals surface area contributed by atoms with Crippen molar-refractivity contribution in [2.24, 2.45) is 0 Å². The molecule has 0 amide bonds. The standard InChI is InChI=1S/C14H14N4S/c1-3-16-13-11-8-9(2)19-14(11)18-12(17-13)10-4-6-15-7-5-10/h4-8H,3H2,1-2H3,(H,16,17,18). The number of nitrogens with one attached hydrogen (secondary N) is 1. The maximum absolute atomic E-state index is 4.65. The van der Waals surface area contributed by atoms with Crippen LogP contribution in [-0.4, -0.2) is 21.5 Å². The molecule has 0 aliphatic rings. The van der Waals surface area contributed by atoms with Crippen molar-refractivity contribution < 1.29 is 0 Å². The Bertz CT molecular complexity index is 706. The van der Waals surface area contributed by atoms with Gasteiger partial charge in [-0.2, -0.15) is 0 Å². The zero-order chi connectivity index (χ0) is 13.2. The molecule has 96 valence electrons. The molecule has 0 fully saturated rings. The highest BCUT2D eigenvalue weighted by molar-refractivity contribution is 7.18. The van der Waals surface area contributed by atoms with Gasteiger partial charge in [-0.05, 0) is 32.0 Å². The second-order valence-corrected chi connectivity index (χ2v) is 5.47. The average Bonchev–Trinajstić information content (AvgIpc) is 2.80. The fraction of sp³-hybridized carbons (Fsp3) is 0.214. The molecule has 0 saturated carbocycles. The Labute approximate surface area is 115 Å². The summed E-state index contributed by atoms with van der Waals surface area (Å²) in [7, 11) is 0. The molecular formula is C14H14N4S. The Kier molecular flexibility index (Phi) is 3.13. The summed E-state index contributed by atoms with van der Waals surface area (Å²) in [5.74, 6) is 1.65. The molecule has 0 radical (unpaired) electrons. The van der Waals surface area contributed by atoms with Gasteiger partial charge < -0.3 is 5.32 Å². The van der Waals surface area contributed by atoms with Crippen LogP contribution in [0.1, 0.15) is 11.8 Å². The van der Waals surface area contributed by atoms with Gasteiger partial charge in [0, 0.05) is 29.4 Å². The Morgan fingerprint density at radius 3 is 2.74 bits per heavy atom. The van der Waals surface area contributed by atoms with E-state index in [9.17, 15) is 0 Å². The molecule has 0 aliphatic carbocycles. The number of anilines is 1. The molecule has 3 rings (SSSR count). The van der Waals surface area contributed by atoms with Gasteiger partial charge in [0.2, 0.25) is 0 Å². The first-order valence-electron chi connectivity index (χ1n) is 6.20. The fourth-order valence-corrected chi connectivity index (χ4v) is 2.85. The monoisotopic (exact) mass is 270 g/mol. The van der Waals surface area contributed by atoms with Crippen LogP contribution in [0.3, 0.4) is 0 Å². The first-order valence-corrected chi connectivity index (χ1v) is 7.02. The average molecular weight is 270 g/mol. The molecular weight excluding hydrogens is 256 g/mol. The van der Waals surface area contributed by atoms with Crippen molar-refractivity contribution >= 4 is 27.4 Å². The lowest BCUT2D eigenvalue weighted by atomic mass is 10.2. The van der Waals surface area contributed by atoms with Gasteiger partial charge in [0.25, 0.3) is 0 Å². The Morgan fingerprint density at radius 2 is 2.00 bits per heavy atom. The van der Waals surface area contributed by atoms with Gasteiger partial charge in [0.15, 0.2) is 5.82 Å². The summed E-state index contributed by atoms with van der Waals surface area (Å²) >= 11 is 1.69. The molecule has 4 nitrogen and oxygen atoms in total. The van der Waals surface area contributed by atoms with E-state index in [-0.39, 0.29) is 0 Å². The van der Waals surface area contributed by atoms with Gasteiger partial charge in [-0.25, -0.2) is 9.97 Å². The van der Waals surface area contributed by atoms with E-state index in [0.29, 0.717) is 0 Å². The molecule has 0 aromatic carbocycles. The summed E-state index contributed by atoms with van der Waals surface area (Å²) in [4.78, 5) is 15.6. The van der Waals surface area contributed by atoms with Crippen molar-refractivity contribution in [3.63, 3.8) is 0 Å². The first kappa shape index (κ1) is 12.0. The summed E-state index contributed by atoms with van der Waals surface area (Å²) in [5.41, 5.74) is 0.988. The quantitative estimate of drug-likeness (QED) is 0.791. The van der Waals surface area contributed by atoms with Gasteiger partial charge in [-0.15, -0.1) is 11.3 Å².